The minimum atomic E-state index is -1.21. The number of nitrogens with zero attached hydrogens (tertiary/aromatic N) is 5. The molecule has 0 radical (unpaired) electrons. The van der Waals surface area contributed by atoms with E-state index in [4.69, 9.17) is 5.73 Å². The maximum absolute atomic E-state index is 12.9. The van der Waals surface area contributed by atoms with Gasteiger partial charge in [-0.2, -0.15) is 11.8 Å². The first-order valence-corrected chi connectivity index (χ1v) is 13.8. The number of phenolic OH excluding ortho intramolecular Hbond substituents is 1. The number of hydrogen-bond donors (Lipinski definition) is 4. The largest absolute Gasteiger partial charge is 0.508 e. The maximum atomic E-state index is 12.9. The molecule has 1 fully saturated rings. The van der Waals surface area contributed by atoms with Crippen LogP contribution in [0.4, 0.5) is 0 Å². The molecule has 2 aliphatic heterocycles. The quantitative estimate of drug-likeness (QED) is 0.255. The fourth-order valence-corrected chi connectivity index (χ4v) is 6.63. The van der Waals surface area contributed by atoms with E-state index < -0.39 is 35.2 Å². The van der Waals surface area contributed by atoms with Crippen molar-refractivity contribution in [1.82, 2.24) is 30.4 Å². The van der Waals surface area contributed by atoms with Gasteiger partial charge in [0.15, 0.2) is 0 Å². The number of aryl methyl sites for hydroxylation is 1. The van der Waals surface area contributed by atoms with Crippen LogP contribution >= 0.6 is 35.3 Å². The van der Waals surface area contributed by atoms with Crippen molar-refractivity contribution in [2.75, 3.05) is 17.8 Å². The van der Waals surface area contributed by atoms with Crippen LogP contribution in [0.5, 0.6) is 5.75 Å². The predicted octanol–water partition coefficient (Wildman–Crippen LogP) is 0.309. The first-order chi connectivity index (χ1) is 16.7. The van der Waals surface area contributed by atoms with Gasteiger partial charge in [-0.3, -0.25) is 14.5 Å². The van der Waals surface area contributed by atoms with E-state index in [9.17, 15) is 24.6 Å². The molecule has 0 aliphatic carbocycles. The highest BCUT2D eigenvalue weighted by molar-refractivity contribution is 8.01. The number of hydrogen-bond acceptors (Lipinski definition) is 11. The number of aliphatic carboxylic acids is 1. The van der Waals surface area contributed by atoms with Crippen LogP contribution in [-0.4, -0.2) is 82.3 Å². The first kappa shape index (κ1) is 25.3. The Balaban J connectivity index is 1.45. The van der Waals surface area contributed by atoms with Gasteiger partial charge in [0, 0.05) is 29.9 Å². The molecule has 1 saturated heterocycles. The van der Waals surface area contributed by atoms with Gasteiger partial charge in [0.2, 0.25) is 11.1 Å². The number of tetrazole rings is 1. The smallest absolute Gasteiger partial charge is 0.352 e. The Labute approximate surface area is 213 Å². The van der Waals surface area contributed by atoms with Gasteiger partial charge in [-0.1, -0.05) is 17.8 Å². The number of amides is 2. The lowest BCUT2D eigenvalue weighted by atomic mass is 10.0. The molecule has 2 aliphatic rings. The Bertz CT molecular complexity index is 1200. The molecule has 3 atom stereocenters. The lowest BCUT2D eigenvalue weighted by Gasteiger charge is -2.49. The third-order valence-corrected chi connectivity index (χ3v) is 8.59. The topological polar surface area (TPSA) is 177 Å². The van der Waals surface area contributed by atoms with Crippen LogP contribution in [0.25, 0.3) is 0 Å². The Morgan fingerprint density at radius 3 is 2.80 bits per heavy atom. The molecule has 186 valence electrons. The molecule has 5 N–H and O–H groups in total. The van der Waals surface area contributed by atoms with Crippen molar-refractivity contribution < 1.29 is 24.6 Å². The molecule has 1 aromatic carbocycles. The van der Waals surface area contributed by atoms with Gasteiger partial charge in [-0.15, -0.1) is 16.9 Å². The standard InChI is InChI=1S/C20H23N7O5S3/c1-26-20(23-24-25-26)35-8-11-7-34-18-14(17(30)27(18)15(11)19(31)32)22-16(29)13(21)9-3-4-12(28)10(5-9)6-33-2/h3-5,13-14,18,28H,6-8,21H2,1-2H3,(H,22,29)(H,31,32). The van der Waals surface area contributed by atoms with Crippen LogP contribution in [-0.2, 0) is 27.2 Å². The summed E-state index contributed by atoms with van der Waals surface area (Å²) in [4.78, 5) is 39.0. The SMILES string of the molecule is CSCc1cc(C(N)C(=O)NC2C(=O)N3C(C(=O)O)=C(CSc4nnnn4C)CSC23)ccc1O. The second-order valence-corrected chi connectivity index (χ2v) is 10.7. The van der Waals surface area contributed by atoms with Gasteiger partial charge in [0.05, 0.1) is 0 Å². The van der Waals surface area contributed by atoms with Crippen LogP contribution in [0.3, 0.4) is 0 Å². The number of nitrogens with two attached hydrogens (primary N) is 1. The predicted molar refractivity (Wildman–Crippen MR) is 131 cm³/mol. The summed E-state index contributed by atoms with van der Waals surface area (Å²) in [5, 5.41) is 33.6. The molecule has 15 heteroatoms. The lowest BCUT2D eigenvalue weighted by molar-refractivity contribution is -0.150. The van der Waals surface area contributed by atoms with Crippen molar-refractivity contribution in [3.63, 3.8) is 0 Å². The van der Waals surface area contributed by atoms with Crippen molar-refractivity contribution >= 4 is 53.1 Å². The van der Waals surface area contributed by atoms with Gasteiger partial charge >= 0.3 is 5.97 Å². The maximum Gasteiger partial charge on any atom is 0.352 e. The minimum absolute atomic E-state index is 0.0728. The first-order valence-electron chi connectivity index (χ1n) is 10.3. The van der Waals surface area contributed by atoms with Crippen molar-refractivity contribution in [2.45, 2.75) is 28.4 Å². The number of benzene rings is 1. The summed E-state index contributed by atoms with van der Waals surface area (Å²) in [6.07, 6.45) is 1.89. The fraction of sp³-hybridized carbons (Fsp3) is 0.400. The third kappa shape index (κ3) is 4.98. The van der Waals surface area contributed by atoms with E-state index in [1.807, 2.05) is 6.26 Å². The monoisotopic (exact) mass is 537 g/mol. The second kappa shape index (κ2) is 10.5. The van der Waals surface area contributed by atoms with E-state index in [1.54, 1.807) is 19.2 Å². The summed E-state index contributed by atoms with van der Waals surface area (Å²) in [6, 6.07) is 2.79. The van der Waals surface area contributed by atoms with Crippen molar-refractivity contribution in [2.24, 2.45) is 12.8 Å². The Morgan fingerprint density at radius 2 is 2.14 bits per heavy atom. The van der Waals surface area contributed by atoms with Crippen LogP contribution in [0, 0.1) is 0 Å². The second-order valence-electron chi connectivity index (χ2n) is 7.83. The zero-order valence-corrected chi connectivity index (χ0v) is 21.2. The summed E-state index contributed by atoms with van der Waals surface area (Å²) >= 11 is 4.17. The molecule has 3 heterocycles. The highest BCUT2D eigenvalue weighted by Gasteiger charge is 2.54. The molecule has 0 saturated carbocycles. The van der Waals surface area contributed by atoms with Crippen molar-refractivity contribution in [3.8, 4) is 5.75 Å². The van der Waals surface area contributed by atoms with Gasteiger partial charge in [-0.25, -0.2) is 9.48 Å². The highest BCUT2D eigenvalue weighted by Crippen LogP contribution is 2.41. The molecule has 2 aromatic rings. The molecule has 2 amide bonds. The number of rotatable bonds is 9. The highest BCUT2D eigenvalue weighted by atomic mass is 32.2. The van der Waals surface area contributed by atoms with Gasteiger partial charge in [0.1, 0.15) is 28.9 Å². The Hall–Kier alpha value is -2.75. The van der Waals surface area contributed by atoms with E-state index >= 15 is 0 Å². The third-order valence-electron chi connectivity index (χ3n) is 5.55. The molecule has 1 aromatic heterocycles. The van der Waals surface area contributed by atoms with Crippen molar-refractivity contribution in [3.05, 3.63) is 40.6 Å². The average molecular weight is 538 g/mol. The number of phenols is 1. The van der Waals surface area contributed by atoms with Gasteiger partial charge in [0.25, 0.3) is 5.91 Å². The Morgan fingerprint density at radius 1 is 1.37 bits per heavy atom. The molecule has 0 bridgehead atoms. The molecule has 35 heavy (non-hydrogen) atoms. The zero-order valence-electron chi connectivity index (χ0n) is 18.7. The number of β-lactam (4-membered cyclic amide) rings is 1. The lowest BCUT2D eigenvalue weighted by Crippen LogP contribution is -2.71. The minimum Gasteiger partial charge on any atom is -0.508 e. The summed E-state index contributed by atoms with van der Waals surface area (Å²) in [5.41, 5.74) is 7.80. The zero-order chi connectivity index (χ0) is 25.3. The molecular formula is C20H23N7O5S3. The van der Waals surface area contributed by atoms with Crippen molar-refractivity contribution in [1.29, 1.82) is 0 Å². The van der Waals surface area contributed by atoms with Crippen LogP contribution < -0.4 is 11.1 Å². The molecular weight excluding hydrogens is 514 g/mol. The van der Waals surface area contributed by atoms with E-state index in [1.165, 1.54) is 50.9 Å². The van der Waals surface area contributed by atoms with E-state index in [0.29, 0.717) is 39.1 Å². The van der Waals surface area contributed by atoms with Crippen LogP contribution in [0.2, 0.25) is 0 Å². The number of carboxylic acids is 1. The van der Waals surface area contributed by atoms with Crippen LogP contribution in [0.1, 0.15) is 17.2 Å². The fourth-order valence-electron chi connectivity index (χ4n) is 3.75. The number of nitrogens with one attached hydrogen (secondary N) is 1. The molecule has 4 rings (SSSR count). The average Bonchev–Trinajstić information content (AvgIpc) is 3.25. The molecule has 12 nitrogen and oxygen atoms in total. The number of carboxylic acid groups (broad SMARTS) is 1. The number of carbonyl (C=O) groups excluding carboxylic acids is 2. The number of aromatic nitrogens is 4. The summed E-state index contributed by atoms with van der Waals surface area (Å²) in [7, 11) is 1.68. The summed E-state index contributed by atoms with van der Waals surface area (Å²) in [5.74, 6) is -0.902. The molecule has 0 spiro atoms. The molecule has 3 unspecified atom stereocenters. The number of fused-ring (bicyclic) bond motifs is 1. The number of carbonyl (C=O) groups is 3. The van der Waals surface area contributed by atoms with E-state index in [-0.39, 0.29) is 11.4 Å². The normalized spacial score (nSPS) is 20.3. The number of aromatic hydroxyl groups is 1. The summed E-state index contributed by atoms with van der Waals surface area (Å²) in [6.45, 7) is 0. The summed E-state index contributed by atoms with van der Waals surface area (Å²) < 4.78 is 1.48. The number of thioether (sulfide) groups is 3. The van der Waals surface area contributed by atoms with E-state index in [0.717, 1.165) is 0 Å². The van der Waals surface area contributed by atoms with Gasteiger partial charge in [-0.05, 0) is 40.0 Å². The van der Waals surface area contributed by atoms with Gasteiger partial charge < -0.3 is 21.3 Å². The van der Waals surface area contributed by atoms with Crippen LogP contribution in [0.15, 0.2) is 34.6 Å². The Kier molecular flexibility index (Phi) is 7.59. The van der Waals surface area contributed by atoms with E-state index in [2.05, 4.69) is 20.8 Å².